The van der Waals surface area contributed by atoms with Gasteiger partial charge in [-0.05, 0) is 42.3 Å². The normalized spacial score (nSPS) is 10.1. The Kier molecular flexibility index (Phi) is 4.32. The van der Waals surface area contributed by atoms with Gasteiger partial charge in [0.25, 0.3) is 0 Å². The van der Waals surface area contributed by atoms with Crippen LogP contribution in [0.15, 0.2) is 49.2 Å². The summed E-state index contributed by atoms with van der Waals surface area (Å²) in [4.78, 5) is 15.8. The van der Waals surface area contributed by atoms with Gasteiger partial charge in [0.2, 0.25) is 5.91 Å². The Labute approximate surface area is 144 Å². The van der Waals surface area contributed by atoms with E-state index in [2.05, 4.69) is 33.8 Å². The Morgan fingerprint density at radius 2 is 2.08 bits per heavy atom. The summed E-state index contributed by atoms with van der Waals surface area (Å²) < 4.78 is 1.65. The third kappa shape index (κ3) is 3.29. The Morgan fingerprint density at radius 3 is 2.79 bits per heavy atom. The lowest BCUT2D eigenvalue weighted by molar-refractivity contribution is -0.111. The number of nitrogens with zero attached hydrogens (tertiary/aromatic N) is 3. The van der Waals surface area contributed by atoms with Crippen molar-refractivity contribution in [3.63, 3.8) is 0 Å². The molecule has 1 N–H and O–H groups in total. The molecule has 3 aromatic rings. The number of hydrogen-bond acceptors (Lipinski definition) is 3. The van der Waals surface area contributed by atoms with E-state index in [1.54, 1.807) is 36.1 Å². The summed E-state index contributed by atoms with van der Waals surface area (Å²) >= 11 is 5.87. The van der Waals surface area contributed by atoms with Crippen molar-refractivity contribution in [3.05, 3.63) is 65.5 Å². The molecule has 0 aliphatic heterocycles. The Hall–Kier alpha value is -3.10. The van der Waals surface area contributed by atoms with Crippen LogP contribution in [0.4, 0.5) is 5.69 Å². The first-order chi connectivity index (χ1) is 11.6. The van der Waals surface area contributed by atoms with Crippen LogP contribution in [0, 0.1) is 11.8 Å². The van der Waals surface area contributed by atoms with E-state index >= 15 is 0 Å². The molecular weight excluding hydrogens is 324 g/mol. The first kappa shape index (κ1) is 15.8. The minimum Gasteiger partial charge on any atom is -0.321 e. The van der Waals surface area contributed by atoms with Crippen molar-refractivity contribution in [1.82, 2.24) is 14.8 Å². The summed E-state index contributed by atoms with van der Waals surface area (Å²) in [7, 11) is 1.80. The first-order valence-corrected chi connectivity index (χ1v) is 7.48. The van der Waals surface area contributed by atoms with Crippen molar-refractivity contribution in [2.24, 2.45) is 7.05 Å². The van der Waals surface area contributed by atoms with Crippen LogP contribution in [0.25, 0.3) is 11.0 Å². The maximum atomic E-state index is 11.4. The molecule has 0 unspecified atom stereocenters. The molecule has 0 fully saturated rings. The van der Waals surface area contributed by atoms with Crippen molar-refractivity contribution in [2.45, 2.75) is 0 Å². The third-order valence-corrected chi connectivity index (χ3v) is 3.55. The van der Waals surface area contributed by atoms with Gasteiger partial charge < -0.3 is 5.32 Å². The lowest BCUT2D eigenvalue weighted by Gasteiger charge is -2.01. The van der Waals surface area contributed by atoms with Crippen LogP contribution in [0.2, 0.25) is 5.02 Å². The average molecular weight is 337 g/mol. The van der Waals surface area contributed by atoms with Crippen molar-refractivity contribution >= 4 is 34.2 Å². The summed E-state index contributed by atoms with van der Waals surface area (Å²) in [6.45, 7) is 3.43. The van der Waals surface area contributed by atoms with Crippen LogP contribution >= 0.6 is 11.6 Å². The number of carbonyl (C=O) groups is 1. The fourth-order valence-electron chi connectivity index (χ4n) is 2.16. The maximum absolute atomic E-state index is 11.4. The van der Waals surface area contributed by atoms with E-state index in [0.29, 0.717) is 22.1 Å². The molecule has 0 atom stereocenters. The number of rotatable bonds is 2. The third-order valence-electron chi connectivity index (χ3n) is 3.30. The molecule has 0 saturated carbocycles. The number of carbonyl (C=O) groups excluding carboxylic acids is 1. The minimum absolute atomic E-state index is 0.297. The molecule has 0 aliphatic rings. The molecular formula is C18H13ClN4O. The summed E-state index contributed by atoms with van der Waals surface area (Å²) in [5.74, 6) is 5.79. The van der Waals surface area contributed by atoms with Gasteiger partial charge in [-0.1, -0.05) is 24.1 Å². The highest BCUT2D eigenvalue weighted by atomic mass is 35.5. The molecule has 0 bridgehead atoms. The molecule has 118 valence electrons. The van der Waals surface area contributed by atoms with Crippen LogP contribution in [-0.4, -0.2) is 20.7 Å². The van der Waals surface area contributed by atoms with Gasteiger partial charge >= 0.3 is 0 Å². The second kappa shape index (κ2) is 6.57. The lowest BCUT2D eigenvalue weighted by Crippen LogP contribution is -2.07. The Balaban J connectivity index is 2.01. The fourth-order valence-corrected chi connectivity index (χ4v) is 2.29. The van der Waals surface area contributed by atoms with Gasteiger partial charge in [0.15, 0.2) is 5.65 Å². The van der Waals surface area contributed by atoms with Crippen LogP contribution in [-0.2, 0) is 11.8 Å². The quantitative estimate of drug-likeness (QED) is 0.577. The second-order valence-corrected chi connectivity index (χ2v) is 5.45. The SMILES string of the molecule is C=CC(=O)Nc1cnc2c(c1)c(C#Cc1ccc(Cl)cc1)nn2C. The summed E-state index contributed by atoms with van der Waals surface area (Å²) in [5, 5.41) is 8.49. The minimum atomic E-state index is -0.297. The van der Waals surface area contributed by atoms with Crippen LogP contribution < -0.4 is 5.32 Å². The molecule has 0 saturated heterocycles. The molecule has 2 aromatic heterocycles. The Morgan fingerprint density at radius 1 is 1.33 bits per heavy atom. The van der Waals surface area contributed by atoms with Crippen LogP contribution in [0.1, 0.15) is 11.3 Å². The van der Waals surface area contributed by atoms with E-state index in [1.807, 2.05) is 12.1 Å². The molecule has 1 aromatic carbocycles. The molecule has 0 radical (unpaired) electrons. The number of benzene rings is 1. The zero-order valence-electron chi connectivity index (χ0n) is 12.9. The highest BCUT2D eigenvalue weighted by molar-refractivity contribution is 6.30. The van der Waals surface area contributed by atoms with E-state index in [0.717, 1.165) is 10.9 Å². The molecule has 0 aliphatic carbocycles. The monoisotopic (exact) mass is 336 g/mol. The number of aryl methyl sites for hydroxylation is 1. The second-order valence-electron chi connectivity index (χ2n) is 5.02. The first-order valence-electron chi connectivity index (χ1n) is 7.10. The highest BCUT2D eigenvalue weighted by Crippen LogP contribution is 2.19. The zero-order chi connectivity index (χ0) is 17.1. The van der Waals surface area contributed by atoms with E-state index in [1.165, 1.54) is 6.08 Å². The number of halogens is 1. The summed E-state index contributed by atoms with van der Waals surface area (Å²) in [6, 6.07) is 9.05. The number of pyridine rings is 1. The largest absolute Gasteiger partial charge is 0.321 e. The van der Waals surface area contributed by atoms with Gasteiger partial charge in [-0.2, -0.15) is 5.10 Å². The van der Waals surface area contributed by atoms with Crippen LogP contribution in [0.3, 0.4) is 0 Å². The van der Waals surface area contributed by atoms with Gasteiger partial charge in [0.1, 0.15) is 5.69 Å². The van der Waals surface area contributed by atoms with E-state index in [4.69, 9.17) is 11.6 Å². The summed E-state index contributed by atoms with van der Waals surface area (Å²) in [5.41, 5.74) is 2.67. The molecule has 0 spiro atoms. The van der Waals surface area contributed by atoms with E-state index in [9.17, 15) is 4.79 Å². The zero-order valence-corrected chi connectivity index (χ0v) is 13.6. The van der Waals surface area contributed by atoms with Gasteiger partial charge in [-0.3, -0.25) is 4.79 Å². The number of hydrogen-bond donors (Lipinski definition) is 1. The molecule has 1 amide bonds. The summed E-state index contributed by atoms with van der Waals surface area (Å²) in [6.07, 6.45) is 2.77. The topological polar surface area (TPSA) is 59.8 Å². The van der Waals surface area contributed by atoms with Gasteiger partial charge in [0.05, 0.1) is 17.3 Å². The highest BCUT2D eigenvalue weighted by Gasteiger charge is 2.09. The molecule has 2 heterocycles. The average Bonchev–Trinajstić information content (AvgIpc) is 2.90. The van der Waals surface area contributed by atoms with Crippen molar-refractivity contribution in [3.8, 4) is 11.8 Å². The van der Waals surface area contributed by atoms with Crippen LogP contribution in [0.5, 0.6) is 0 Å². The van der Waals surface area contributed by atoms with Crippen molar-refractivity contribution in [2.75, 3.05) is 5.32 Å². The number of nitrogens with one attached hydrogen (secondary N) is 1. The van der Waals surface area contributed by atoms with Gasteiger partial charge in [-0.15, -0.1) is 0 Å². The maximum Gasteiger partial charge on any atom is 0.247 e. The van der Waals surface area contributed by atoms with E-state index in [-0.39, 0.29) is 5.91 Å². The van der Waals surface area contributed by atoms with Crippen molar-refractivity contribution < 1.29 is 4.79 Å². The number of anilines is 1. The molecule has 3 rings (SSSR count). The van der Waals surface area contributed by atoms with Gasteiger partial charge in [0, 0.05) is 17.6 Å². The van der Waals surface area contributed by atoms with Crippen molar-refractivity contribution in [1.29, 1.82) is 0 Å². The smallest absolute Gasteiger partial charge is 0.247 e. The molecule has 24 heavy (non-hydrogen) atoms. The molecule has 6 heteroatoms. The Bertz CT molecular complexity index is 994. The predicted octanol–water partition coefficient (Wildman–Crippen LogP) is 3.15. The molecule has 5 nitrogen and oxygen atoms in total. The van der Waals surface area contributed by atoms with Gasteiger partial charge in [-0.25, -0.2) is 9.67 Å². The number of fused-ring (bicyclic) bond motifs is 1. The standard InChI is InChI=1S/C18H13ClN4O/c1-3-17(24)21-14-10-15-16(22-23(2)18(15)20-11-14)9-6-12-4-7-13(19)8-5-12/h3-5,7-8,10-11H,1H2,2H3,(H,21,24). The van der Waals surface area contributed by atoms with E-state index < -0.39 is 0 Å². The lowest BCUT2D eigenvalue weighted by atomic mass is 10.2. The number of aromatic nitrogens is 3. The fraction of sp³-hybridized carbons (Fsp3) is 0.0556. The predicted molar refractivity (Wildman–Crippen MR) is 94.8 cm³/mol. The number of amides is 1.